The van der Waals surface area contributed by atoms with Crippen LogP contribution in [0.3, 0.4) is 0 Å². The second kappa shape index (κ2) is 9.06. The third-order valence-electron chi connectivity index (χ3n) is 4.30. The van der Waals surface area contributed by atoms with E-state index < -0.39 is 0 Å². The van der Waals surface area contributed by atoms with Gasteiger partial charge in [-0.1, -0.05) is 41.6 Å². The lowest BCUT2D eigenvalue weighted by Crippen LogP contribution is -2.38. The van der Waals surface area contributed by atoms with Crippen LogP contribution in [0.4, 0.5) is 5.69 Å². The molecule has 2 rings (SSSR count). The van der Waals surface area contributed by atoms with Crippen LogP contribution in [0.2, 0.25) is 0 Å². The molecule has 0 spiro atoms. The normalized spacial score (nSPS) is 15.7. The maximum absolute atomic E-state index is 12.2. The van der Waals surface area contributed by atoms with Crippen LogP contribution in [-0.2, 0) is 9.59 Å². The van der Waals surface area contributed by atoms with Crippen LogP contribution in [0, 0.1) is 0 Å². The number of benzene rings is 1. The predicted octanol–water partition coefficient (Wildman–Crippen LogP) is 4.03. The second-order valence-corrected chi connectivity index (χ2v) is 7.07. The van der Waals surface area contributed by atoms with Crippen LogP contribution in [0.25, 0.3) is 0 Å². The van der Waals surface area contributed by atoms with Crippen molar-refractivity contribution in [2.24, 2.45) is 0 Å². The zero-order valence-electron chi connectivity index (χ0n) is 13.7. The molecule has 4 nitrogen and oxygen atoms in total. The molecule has 1 aliphatic carbocycles. The number of amides is 2. The molecule has 0 saturated heterocycles. The standard InChI is InChI=1S/C18H25BrN2O2/c1-14(22)21(17-10-8-15(19)9-11-17)13-12-18(23)20-16-6-4-2-3-5-7-16/h8-11,16H,2-7,12-13H2,1H3,(H,20,23). The zero-order valence-corrected chi connectivity index (χ0v) is 15.3. The zero-order chi connectivity index (χ0) is 16.7. The van der Waals surface area contributed by atoms with Crippen molar-refractivity contribution in [3.63, 3.8) is 0 Å². The molecule has 5 heteroatoms. The highest BCUT2D eigenvalue weighted by atomic mass is 79.9. The average molecular weight is 381 g/mol. The number of carbonyl (C=O) groups excluding carboxylic acids is 2. The SMILES string of the molecule is CC(=O)N(CCC(=O)NC1CCCCCC1)c1ccc(Br)cc1. The fourth-order valence-electron chi connectivity index (χ4n) is 3.03. The Morgan fingerprint density at radius 3 is 2.30 bits per heavy atom. The summed E-state index contributed by atoms with van der Waals surface area (Å²) in [6, 6.07) is 7.88. The Hall–Kier alpha value is -1.36. The van der Waals surface area contributed by atoms with Crippen LogP contribution < -0.4 is 10.2 Å². The van der Waals surface area contributed by atoms with Crippen LogP contribution in [0.15, 0.2) is 28.7 Å². The van der Waals surface area contributed by atoms with E-state index in [4.69, 9.17) is 0 Å². The van der Waals surface area contributed by atoms with Gasteiger partial charge in [0.2, 0.25) is 11.8 Å². The van der Waals surface area contributed by atoms with Gasteiger partial charge in [-0.2, -0.15) is 0 Å². The molecule has 0 radical (unpaired) electrons. The monoisotopic (exact) mass is 380 g/mol. The van der Waals surface area contributed by atoms with E-state index in [0.717, 1.165) is 23.0 Å². The fourth-order valence-corrected chi connectivity index (χ4v) is 3.29. The van der Waals surface area contributed by atoms with Gasteiger partial charge in [0.05, 0.1) is 0 Å². The number of rotatable bonds is 5. The van der Waals surface area contributed by atoms with Crippen molar-refractivity contribution in [3.8, 4) is 0 Å². The van der Waals surface area contributed by atoms with Gasteiger partial charge in [-0.25, -0.2) is 0 Å². The molecule has 2 amide bonds. The van der Waals surface area contributed by atoms with Crippen LogP contribution in [0.5, 0.6) is 0 Å². The van der Waals surface area contributed by atoms with Crippen molar-refractivity contribution in [2.45, 2.75) is 57.9 Å². The number of nitrogens with one attached hydrogen (secondary N) is 1. The van der Waals surface area contributed by atoms with Crippen molar-refractivity contribution in [1.29, 1.82) is 0 Å². The number of carbonyl (C=O) groups is 2. The van der Waals surface area contributed by atoms with Gasteiger partial charge in [0.25, 0.3) is 0 Å². The van der Waals surface area contributed by atoms with Gasteiger partial charge in [-0.3, -0.25) is 9.59 Å². The number of hydrogen-bond acceptors (Lipinski definition) is 2. The highest BCUT2D eigenvalue weighted by molar-refractivity contribution is 9.10. The molecule has 1 aliphatic rings. The Morgan fingerprint density at radius 1 is 1.13 bits per heavy atom. The van der Waals surface area contributed by atoms with E-state index in [1.165, 1.54) is 32.6 Å². The predicted molar refractivity (Wildman–Crippen MR) is 96.4 cm³/mol. The summed E-state index contributed by atoms with van der Waals surface area (Å²) < 4.78 is 0.968. The topological polar surface area (TPSA) is 49.4 Å². The van der Waals surface area contributed by atoms with E-state index >= 15 is 0 Å². The van der Waals surface area contributed by atoms with E-state index in [1.807, 2.05) is 24.3 Å². The first-order valence-corrected chi connectivity index (χ1v) is 9.18. The molecule has 0 heterocycles. The molecule has 1 fully saturated rings. The summed E-state index contributed by atoms with van der Waals surface area (Å²) in [5.41, 5.74) is 0.822. The summed E-state index contributed by atoms with van der Waals surface area (Å²) in [6.45, 7) is 1.95. The number of hydrogen-bond donors (Lipinski definition) is 1. The number of halogens is 1. The van der Waals surface area contributed by atoms with Crippen LogP contribution in [-0.4, -0.2) is 24.4 Å². The highest BCUT2D eigenvalue weighted by Gasteiger charge is 2.17. The van der Waals surface area contributed by atoms with E-state index in [9.17, 15) is 9.59 Å². The maximum atomic E-state index is 12.2. The van der Waals surface area contributed by atoms with Gasteiger partial charge in [-0.05, 0) is 37.1 Å². The van der Waals surface area contributed by atoms with Gasteiger partial charge in [0, 0.05) is 36.1 Å². The minimum absolute atomic E-state index is 0.0419. The maximum Gasteiger partial charge on any atom is 0.223 e. The third kappa shape index (κ3) is 5.98. The summed E-state index contributed by atoms with van der Waals surface area (Å²) in [5.74, 6) is -0.00477. The van der Waals surface area contributed by atoms with Gasteiger partial charge >= 0.3 is 0 Å². The lowest BCUT2D eigenvalue weighted by molar-refractivity contribution is -0.121. The van der Waals surface area contributed by atoms with Crippen molar-refractivity contribution in [3.05, 3.63) is 28.7 Å². The van der Waals surface area contributed by atoms with Crippen LogP contribution in [0.1, 0.15) is 51.9 Å². The Kier molecular flexibility index (Phi) is 7.09. The first-order chi connectivity index (χ1) is 11.1. The molecule has 23 heavy (non-hydrogen) atoms. The molecule has 0 aromatic heterocycles. The number of nitrogens with zero attached hydrogens (tertiary/aromatic N) is 1. The second-order valence-electron chi connectivity index (χ2n) is 6.15. The van der Waals surface area contributed by atoms with E-state index in [-0.39, 0.29) is 11.8 Å². The summed E-state index contributed by atoms with van der Waals surface area (Å²) in [5, 5.41) is 3.13. The first-order valence-electron chi connectivity index (χ1n) is 8.39. The molecule has 1 aromatic rings. The molecule has 0 bridgehead atoms. The molecular weight excluding hydrogens is 356 g/mol. The van der Waals surface area contributed by atoms with E-state index in [1.54, 1.807) is 4.90 Å². The molecule has 0 atom stereocenters. The van der Waals surface area contributed by atoms with Gasteiger partial charge < -0.3 is 10.2 Å². The smallest absolute Gasteiger partial charge is 0.223 e. The molecule has 0 aliphatic heterocycles. The van der Waals surface area contributed by atoms with Gasteiger partial charge in [-0.15, -0.1) is 0 Å². The minimum Gasteiger partial charge on any atom is -0.353 e. The van der Waals surface area contributed by atoms with Crippen molar-refractivity contribution in [2.75, 3.05) is 11.4 Å². The fraction of sp³-hybridized carbons (Fsp3) is 0.556. The van der Waals surface area contributed by atoms with Crippen LogP contribution >= 0.6 is 15.9 Å². The minimum atomic E-state index is -0.0467. The molecule has 1 saturated carbocycles. The van der Waals surface area contributed by atoms with Crippen molar-refractivity contribution in [1.82, 2.24) is 5.32 Å². The van der Waals surface area contributed by atoms with E-state index in [0.29, 0.717) is 19.0 Å². The largest absolute Gasteiger partial charge is 0.353 e. The van der Waals surface area contributed by atoms with Gasteiger partial charge in [0.1, 0.15) is 0 Å². The first kappa shape index (κ1) is 18.0. The molecule has 0 unspecified atom stereocenters. The van der Waals surface area contributed by atoms with E-state index in [2.05, 4.69) is 21.2 Å². The Morgan fingerprint density at radius 2 is 1.74 bits per heavy atom. The molecule has 1 N–H and O–H groups in total. The molecule has 1 aromatic carbocycles. The molecule has 126 valence electrons. The number of anilines is 1. The van der Waals surface area contributed by atoms with Crippen molar-refractivity contribution < 1.29 is 9.59 Å². The third-order valence-corrected chi connectivity index (χ3v) is 4.83. The Bertz CT molecular complexity index is 522. The lowest BCUT2D eigenvalue weighted by atomic mass is 10.1. The Balaban J connectivity index is 1.86. The summed E-state index contributed by atoms with van der Waals surface area (Å²) in [4.78, 5) is 25.7. The van der Waals surface area contributed by atoms with Crippen molar-refractivity contribution >= 4 is 33.4 Å². The van der Waals surface area contributed by atoms with Gasteiger partial charge in [0.15, 0.2) is 0 Å². The molecular formula is C18H25BrN2O2. The Labute approximate surface area is 146 Å². The average Bonchev–Trinajstić information content (AvgIpc) is 2.77. The highest BCUT2D eigenvalue weighted by Crippen LogP contribution is 2.19. The lowest BCUT2D eigenvalue weighted by Gasteiger charge is -2.22. The summed E-state index contributed by atoms with van der Waals surface area (Å²) in [7, 11) is 0. The quantitative estimate of drug-likeness (QED) is 0.783. The summed E-state index contributed by atoms with van der Waals surface area (Å²) in [6.07, 6.45) is 7.44. The summed E-state index contributed by atoms with van der Waals surface area (Å²) >= 11 is 3.39.